The molecule has 0 radical (unpaired) electrons. The molecule has 0 bridgehead atoms. The molecule has 0 amide bonds. The third-order valence-electron chi connectivity index (χ3n) is 3.81. The first-order valence-corrected chi connectivity index (χ1v) is 8.47. The van der Waals surface area contributed by atoms with Gasteiger partial charge in [0.05, 0.1) is 8.67 Å². The molecular formula is C14H21Cl2NS. The molecule has 1 nitrogen and oxygen atoms in total. The molecule has 1 aliphatic carbocycles. The summed E-state index contributed by atoms with van der Waals surface area (Å²) in [5.41, 5.74) is 1.21. The molecule has 1 heterocycles. The average Bonchev–Trinajstić information content (AvgIpc) is 2.58. The van der Waals surface area contributed by atoms with E-state index in [4.69, 9.17) is 23.2 Å². The molecule has 0 aromatic carbocycles. The summed E-state index contributed by atoms with van der Waals surface area (Å²) >= 11 is 13.9. The second-order valence-electron chi connectivity index (χ2n) is 5.07. The van der Waals surface area contributed by atoms with Crippen LogP contribution in [0.3, 0.4) is 0 Å². The molecule has 0 spiro atoms. The summed E-state index contributed by atoms with van der Waals surface area (Å²) < 4.78 is 1.65. The highest BCUT2D eigenvalue weighted by Gasteiger charge is 2.26. The van der Waals surface area contributed by atoms with Crippen molar-refractivity contribution in [3.05, 3.63) is 20.3 Å². The largest absolute Gasteiger partial charge is 0.310 e. The van der Waals surface area contributed by atoms with E-state index in [0.29, 0.717) is 12.0 Å². The molecule has 4 heteroatoms. The van der Waals surface area contributed by atoms with Crippen molar-refractivity contribution in [3.8, 4) is 0 Å². The molecule has 1 atom stereocenters. The van der Waals surface area contributed by atoms with Crippen molar-refractivity contribution in [2.75, 3.05) is 6.54 Å². The van der Waals surface area contributed by atoms with Gasteiger partial charge in [0.1, 0.15) is 0 Å². The summed E-state index contributed by atoms with van der Waals surface area (Å²) in [7, 11) is 0. The Balaban J connectivity index is 2.18. The SMILES string of the molecule is CCNC(c1cc(Cl)sc1Cl)C1CCCCCC1. The van der Waals surface area contributed by atoms with Crippen LogP contribution in [0.5, 0.6) is 0 Å². The van der Waals surface area contributed by atoms with Crippen LogP contribution in [0.4, 0.5) is 0 Å². The third kappa shape index (κ3) is 3.63. The highest BCUT2D eigenvalue weighted by molar-refractivity contribution is 7.20. The van der Waals surface area contributed by atoms with Crippen molar-refractivity contribution in [2.24, 2.45) is 5.92 Å². The second kappa shape index (κ2) is 7.14. The Morgan fingerprint density at radius 1 is 1.28 bits per heavy atom. The lowest BCUT2D eigenvalue weighted by atomic mass is 9.88. The van der Waals surface area contributed by atoms with E-state index >= 15 is 0 Å². The maximum Gasteiger partial charge on any atom is 0.0992 e. The monoisotopic (exact) mass is 305 g/mol. The quantitative estimate of drug-likeness (QED) is 0.706. The van der Waals surface area contributed by atoms with Gasteiger partial charge in [-0.3, -0.25) is 0 Å². The summed E-state index contributed by atoms with van der Waals surface area (Å²) in [4.78, 5) is 0. The van der Waals surface area contributed by atoms with Gasteiger partial charge in [-0.05, 0) is 31.4 Å². The van der Waals surface area contributed by atoms with Crippen molar-refractivity contribution in [3.63, 3.8) is 0 Å². The van der Waals surface area contributed by atoms with Crippen LogP contribution in [0, 0.1) is 5.92 Å². The minimum absolute atomic E-state index is 0.379. The predicted molar refractivity (Wildman–Crippen MR) is 81.9 cm³/mol. The van der Waals surface area contributed by atoms with Crippen LogP contribution in [0.2, 0.25) is 8.67 Å². The summed E-state index contributed by atoms with van der Waals surface area (Å²) in [6.07, 6.45) is 8.08. The van der Waals surface area contributed by atoms with E-state index < -0.39 is 0 Å². The standard InChI is InChI=1S/C14H21Cl2NS/c1-2-17-13(10-7-5-3-4-6-8-10)11-9-12(15)18-14(11)16/h9-10,13,17H,2-8H2,1H3. The zero-order valence-corrected chi connectivity index (χ0v) is 13.2. The average molecular weight is 306 g/mol. The van der Waals surface area contributed by atoms with Crippen molar-refractivity contribution >= 4 is 34.5 Å². The van der Waals surface area contributed by atoms with Crippen LogP contribution < -0.4 is 5.32 Å². The Hall–Kier alpha value is 0.240. The van der Waals surface area contributed by atoms with Crippen molar-refractivity contribution in [1.29, 1.82) is 0 Å². The van der Waals surface area contributed by atoms with E-state index in [2.05, 4.69) is 12.2 Å². The highest BCUT2D eigenvalue weighted by atomic mass is 35.5. The van der Waals surface area contributed by atoms with Crippen LogP contribution in [0.1, 0.15) is 57.1 Å². The van der Waals surface area contributed by atoms with Crippen LogP contribution in [0.25, 0.3) is 0 Å². The molecule has 1 aliphatic rings. The fourth-order valence-electron chi connectivity index (χ4n) is 2.96. The van der Waals surface area contributed by atoms with Crippen LogP contribution in [0.15, 0.2) is 6.07 Å². The molecule has 1 fully saturated rings. The Bertz CT molecular complexity index is 370. The molecule has 1 aromatic rings. The number of thiophene rings is 1. The minimum Gasteiger partial charge on any atom is -0.310 e. The molecule has 1 N–H and O–H groups in total. The maximum absolute atomic E-state index is 6.33. The van der Waals surface area contributed by atoms with Gasteiger partial charge in [-0.15, -0.1) is 11.3 Å². The predicted octanol–water partition coefficient (Wildman–Crippen LogP) is 5.68. The fraction of sp³-hybridized carbons (Fsp3) is 0.714. The van der Waals surface area contributed by atoms with Crippen LogP contribution >= 0.6 is 34.5 Å². The summed E-state index contributed by atoms with van der Waals surface area (Å²) in [5.74, 6) is 0.704. The Morgan fingerprint density at radius 2 is 1.94 bits per heavy atom. The molecule has 18 heavy (non-hydrogen) atoms. The van der Waals surface area contributed by atoms with Crippen LogP contribution in [-0.4, -0.2) is 6.54 Å². The summed E-state index contributed by atoms with van der Waals surface area (Å²) in [6, 6.07) is 2.43. The summed E-state index contributed by atoms with van der Waals surface area (Å²) in [5, 5.41) is 3.61. The van der Waals surface area contributed by atoms with Gasteiger partial charge in [0.2, 0.25) is 0 Å². The molecular weight excluding hydrogens is 285 g/mol. The minimum atomic E-state index is 0.379. The van der Waals surface area contributed by atoms with Crippen molar-refractivity contribution in [2.45, 2.75) is 51.5 Å². The number of hydrogen-bond acceptors (Lipinski definition) is 2. The van der Waals surface area contributed by atoms with Crippen molar-refractivity contribution in [1.82, 2.24) is 5.32 Å². The van der Waals surface area contributed by atoms with Gasteiger partial charge in [-0.25, -0.2) is 0 Å². The van der Waals surface area contributed by atoms with Crippen LogP contribution in [-0.2, 0) is 0 Å². The van der Waals surface area contributed by atoms with Gasteiger partial charge in [-0.1, -0.05) is 55.8 Å². The molecule has 0 saturated heterocycles. The smallest absolute Gasteiger partial charge is 0.0992 e. The van der Waals surface area contributed by atoms with E-state index in [-0.39, 0.29) is 0 Å². The number of rotatable bonds is 4. The number of hydrogen-bond donors (Lipinski definition) is 1. The van der Waals surface area contributed by atoms with Gasteiger partial charge in [0, 0.05) is 11.6 Å². The Morgan fingerprint density at radius 3 is 2.44 bits per heavy atom. The number of halogens is 2. The second-order valence-corrected chi connectivity index (χ2v) is 7.35. The topological polar surface area (TPSA) is 12.0 Å². The van der Waals surface area contributed by atoms with E-state index in [9.17, 15) is 0 Å². The lowest BCUT2D eigenvalue weighted by Crippen LogP contribution is -2.28. The molecule has 1 aromatic heterocycles. The molecule has 0 aliphatic heterocycles. The van der Waals surface area contributed by atoms with Gasteiger partial charge < -0.3 is 5.32 Å². The normalized spacial score (nSPS) is 19.7. The van der Waals surface area contributed by atoms with Crippen molar-refractivity contribution < 1.29 is 0 Å². The van der Waals surface area contributed by atoms with E-state index in [1.54, 1.807) is 0 Å². The van der Waals surface area contributed by atoms with E-state index in [0.717, 1.165) is 15.2 Å². The zero-order chi connectivity index (χ0) is 13.0. The molecule has 2 rings (SSSR count). The van der Waals surface area contributed by atoms with E-state index in [1.165, 1.54) is 55.4 Å². The number of nitrogens with one attached hydrogen (secondary N) is 1. The first kappa shape index (κ1) is 14.6. The lowest BCUT2D eigenvalue weighted by Gasteiger charge is -2.27. The van der Waals surface area contributed by atoms with Gasteiger partial charge >= 0.3 is 0 Å². The molecule has 1 saturated carbocycles. The Kier molecular flexibility index (Phi) is 5.81. The van der Waals surface area contributed by atoms with Gasteiger partial charge in [0.15, 0.2) is 0 Å². The third-order valence-corrected chi connectivity index (χ3v) is 5.33. The maximum atomic E-state index is 6.33. The first-order chi connectivity index (χ1) is 8.72. The first-order valence-electron chi connectivity index (χ1n) is 6.90. The molecule has 1 unspecified atom stereocenters. The fourth-order valence-corrected chi connectivity index (χ4v) is 4.51. The van der Waals surface area contributed by atoms with Gasteiger partial charge in [0.25, 0.3) is 0 Å². The molecule has 102 valence electrons. The lowest BCUT2D eigenvalue weighted by molar-refractivity contribution is 0.331. The highest BCUT2D eigenvalue weighted by Crippen LogP contribution is 2.41. The Labute approximate surface area is 124 Å². The summed E-state index contributed by atoms with van der Waals surface area (Å²) in [6.45, 7) is 3.14. The zero-order valence-electron chi connectivity index (χ0n) is 10.8. The van der Waals surface area contributed by atoms with E-state index in [1.807, 2.05) is 6.07 Å². The van der Waals surface area contributed by atoms with Gasteiger partial charge in [-0.2, -0.15) is 0 Å².